The molecular formula is C25H25Cl2N2NaO4. The van der Waals surface area contributed by atoms with Gasteiger partial charge in [-0.1, -0.05) is 60.8 Å². The number of carbonyl (C=O) groups excluding carboxylic acids is 2. The van der Waals surface area contributed by atoms with Crippen LogP contribution in [0.5, 0.6) is 0 Å². The van der Waals surface area contributed by atoms with Gasteiger partial charge in [-0.15, -0.1) is 0 Å². The van der Waals surface area contributed by atoms with E-state index in [0.29, 0.717) is 39.3 Å². The number of nitrogens with two attached hydrogens (primary N) is 1. The van der Waals surface area contributed by atoms with E-state index in [0.717, 1.165) is 18.4 Å². The van der Waals surface area contributed by atoms with Crippen LogP contribution in [0.2, 0.25) is 10.0 Å². The fourth-order valence-corrected chi connectivity index (χ4v) is 3.15. The Morgan fingerprint density at radius 3 is 2.29 bits per heavy atom. The fraction of sp³-hybridized carbons (Fsp3) is 0.200. The molecule has 0 unspecified atom stereocenters. The monoisotopic (exact) mass is 510 g/mol. The second-order valence-electron chi connectivity index (χ2n) is 7.12. The summed E-state index contributed by atoms with van der Waals surface area (Å²) in [6.07, 6.45) is 1.93. The zero-order chi connectivity index (χ0) is 24.4. The molecule has 0 saturated carbocycles. The SMILES string of the molecule is CCCCOC(=O)c1ccc(N)cc1.Cc1ccc(Cl)c(Nc2ccccc2C(=O)[O-])c1Cl.[Na+]. The van der Waals surface area contributed by atoms with Gasteiger partial charge < -0.3 is 25.7 Å². The van der Waals surface area contributed by atoms with E-state index in [1.54, 1.807) is 54.6 Å². The van der Waals surface area contributed by atoms with Crippen molar-refractivity contribution < 1.29 is 49.0 Å². The minimum Gasteiger partial charge on any atom is -0.545 e. The first-order valence-electron chi connectivity index (χ1n) is 10.3. The van der Waals surface area contributed by atoms with Gasteiger partial charge in [-0.25, -0.2) is 4.79 Å². The van der Waals surface area contributed by atoms with Gasteiger partial charge in [0.2, 0.25) is 0 Å². The maximum atomic E-state index is 11.4. The molecule has 174 valence electrons. The summed E-state index contributed by atoms with van der Waals surface area (Å²) in [5.41, 5.74) is 8.46. The number of hydrogen-bond acceptors (Lipinski definition) is 6. The van der Waals surface area contributed by atoms with E-state index >= 15 is 0 Å². The van der Waals surface area contributed by atoms with Gasteiger partial charge in [0.1, 0.15) is 0 Å². The van der Waals surface area contributed by atoms with E-state index in [1.165, 1.54) is 6.07 Å². The van der Waals surface area contributed by atoms with Crippen molar-refractivity contribution in [3.63, 3.8) is 0 Å². The summed E-state index contributed by atoms with van der Waals surface area (Å²) >= 11 is 12.2. The number of aryl methyl sites for hydroxylation is 1. The minimum atomic E-state index is -1.26. The Balaban J connectivity index is 0.000000346. The van der Waals surface area contributed by atoms with Gasteiger partial charge in [0, 0.05) is 16.9 Å². The molecule has 34 heavy (non-hydrogen) atoms. The second kappa shape index (κ2) is 14.9. The Morgan fingerprint density at radius 2 is 1.68 bits per heavy atom. The molecule has 0 saturated heterocycles. The van der Waals surface area contributed by atoms with Crippen molar-refractivity contribution in [1.29, 1.82) is 0 Å². The van der Waals surface area contributed by atoms with Gasteiger partial charge in [-0.3, -0.25) is 0 Å². The number of rotatable bonds is 7. The van der Waals surface area contributed by atoms with Crippen molar-refractivity contribution >= 4 is 52.2 Å². The van der Waals surface area contributed by atoms with Crippen LogP contribution in [0.3, 0.4) is 0 Å². The van der Waals surface area contributed by atoms with Crippen LogP contribution in [-0.4, -0.2) is 18.5 Å². The zero-order valence-corrected chi connectivity index (χ0v) is 22.9. The molecule has 0 atom stereocenters. The molecular weight excluding hydrogens is 486 g/mol. The second-order valence-corrected chi connectivity index (χ2v) is 7.91. The first-order valence-corrected chi connectivity index (χ1v) is 11.0. The number of carbonyl (C=O) groups is 2. The van der Waals surface area contributed by atoms with Crippen LogP contribution >= 0.6 is 23.2 Å². The average Bonchev–Trinajstić information content (AvgIpc) is 2.80. The van der Waals surface area contributed by atoms with E-state index in [1.807, 2.05) is 6.92 Å². The maximum absolute atomic E-state index is 11.4. The quantitative estimate of drug-likeness (QED) is 0.219. The van der Waals surface area contributed by atoms with Gasteiger partial charge in [-0.2, -0.15) is 0 Å². The van der Waals surface area contributed by atoms with Crippen LogP contribution in [0, 0.1) is 6.92 Å². The Hall–Kier alpha value is -2.22. The Kier molecular flexibility index (Phi) is 13.1. The third-order valence-electron chi connectivity index (χ3n) is 4.57. The molecule has 0 aliphatic carbocycles. The number of esters is 1. The number of benzene rings is 3. The Morgan fingerprint density at radius 1 is 1.03 bits per heavy atom. The summed E-state index contributed by atoms with van der Waals surface area (Å²) in [7, 11) is 0. The number of anilines is 3. The molecule has 0 aromatic heterocycles. The van der Waals surface area contributed by atoms with Gasteiger partial charge in [0.05, 0.1) is 33.9 Å². The van der Waals surface area contributed by atoms with Gasteiger partial charge in [0.15, 0.2) is 0 Å². The Labute approximate surface area is 231 Å². The normalized spacial score (nSPS) is 9.76. The van der Waals surface area contributed by atoms with Crippen LogP contribution in [0.25, 0.3) is 0 Å². The molecule has 3 rings (SSSR count). The molecule has 3 aromatic rings. The van der Waals surface area contributed by atoms with Crippen LogP contribution < -0.4 is 45.7 Å². The molecule has 0 bridgehead atoms. The van der Waals surface area contributed by atoms with Crippen LogP contribution in [0.4, 0.5) is 17.1 Å². The topological polar surface area (TPSA) is 104 Å². The molecule has 0 amide bonds. The molecule has 0 fully saturated rings. The predicted molar refractivity (Wildman–Crippen MR) is 131 cm³/mol. The predicted octanol–water partition coefficient (Wildman–Crippen LogP) is 2.64. The summed E-state index contributed by atoms with van der Waals surface area (Å²) in [6, 6.07) is 16.6. The number of carboxylic acid groups (broad SMARTS) is 1. The summed E-state index contributed by atoms with van der Waals surface area (Å²) < 4.78 is 5.03. The first kappa shape index (κ1) is 29.8. The molecule has 0 aliphatic heterocycles. The smallest absolute Gasteiger partial charge is 0.545 e. The molecule has 0 spiro atoms. The van der Waals surface area contributed by atoms with E-state index < -0.39 is 5.97 Å². The number of hydrogen-bond donors (Lipinski definition) is 2. The Bertz CT molecular complexity index is 1110. The number of aromatic carboxylic acids is 1. The third kappa shape index (κ3) is 8.85. The van der Waals surface area contributed by atoms with Crippen molar-refractivity contribution in [3.8, 4) is 0 Å². The third-order valence-corrected chi connectivity index (χ3v) is 5.37. The van der Waals surface area contributed by atoms with Crippen molar-refractivity contribution in [2.75, 3.05) is 17.7 Å². The van der Waals surface area contributed by atoms with Crippen molar-refractivity contribution in [3.05, 3.63) is 87.4 Å². The van der Waals surface area contributed by atoms with Gasteiger partial charge in [0.25, 0.3) is 0 Å². The molecule has 3 aromatic carbocycles. The average molecular weight is 511 g/mol. The first-order chi connectivity index (χ1) is 15.7. The summed E-state index contributed by atoms with van der Waals surface area (Å²) in [5, 5.41) is 14.9. The largest absolute Gasteiger partial charge is 1.00 e. The van der Waals surface area contributed by atoms with Crippen LogP contribution in [0.1, 0.15) is 46.0 Å². The number of nitrogens with one attached hydrogen (secondary N) is 1. The van der Waals surface area contributed by atoms with E-state index in [2.05, 4.69) is 12.2 Å². The molecule has 0 aliphatic rings. The maximum Gasteiger partial charge on any atom is 1.00 e. The van der Waals surface area contributed by atoms with E-state index in [9.17, 15) is 14.7 Å². The van der Waals surface area contributed by atoms with Crippen molar-refractivity contribution in [2.45, 2.75) is 26.7 Å². The number of nitrogen functional groups attached to an aromatic ring is 1. The van der Waals surface area contributed by atoms with Crippen LogP contribution in [0.15, 0.2) is 60.7 Å². The van der Waals surface area contributed by atoms with E-state index in [4.69, 9.17) is 33.7 Å². The zero-order valence-electron chi connectivity index (χ0n) is 19.4. The minimum absolute atomic E-state index is 0. The van der Waals surface area contributed by atoms with Gasteiger partial charge >= 0.3 is 35.5 Å². The number of para-hydroxylation sites is 1. The fourth-order valence-electron chi connectivity index (χ4n) is 2.69. The molecule has 0 radical (unpaired) electrons. The van der Waals surface area contributed by atoms with Crippen molar-refractivity contribution in [2.24, 2.45) is 0 Å². The summed E-state index contributed by atoms with van der Waals surface area (Å²) in [6.45, 7) is 4.38. The van der Waals surface area contributed by atoms with Crippen LogP contribution in [-0.2, 0) is 4.74 Å². The van der Waals surface area contributed by atoms with Crippen molar-refractivity contribution in [1.82, 2.24) is 0 Å². The molecule has 0 heterocycles. The number of carboxylic acids is 1. The summed E-state index contributed by atoms with van der Waals surface area (Å²) in [5.74, 6) is -1.54. The number of ether oxygens (including phenoxy) is 1. The van der Waals surface area contributed by atoms with Gasteiger partial charge in [-0.05, 0) is 55.3 Å². The number of unbranched alkanes of at least 4 members (excludes halogenated alkanes) is 1. The number of halogens is 2. The van der Waals surface area contributed by atoms with E-state index in [-0.39, 0.29) is 41.1 Å². The standard InChI is InChI=1S/C14H11Cl2NO2.C11H15NO2.Na/c1-8-6-7-10(15)13(12(8)16)17-11-5-3-2-4-9(11)14(18)19;1-2-3-8-14-11(13)9-4-6-10(12)7-5-9;/h2-7,17H,1H3,(H,18,19);4-7H,2-3,8,12H2,1H3;/q;;+1/p-1. The molecule has 6 nitrogen and oxygen atoms in total. The molecule has 9 heteroatoms. The summed E-state index contributed by atoms with van der Waals surface area (Å²) in [4.78, 5) is 22.4. The molecule has 3 N–H and O–H groups in total.